The summed E-state index contributed by atoms with van der Waals surface area (Å²) in [6.07, 6.45) is 1.78. The molecule has 0 atom stereocenters. The second kappa shape index (κ2) is 9.76. The van der Waals surface area contributed by atoms with Gasteiger partial charge >= 0.3 is 0 Å². The highest BCUT2D eigenvalue weighted by Gasteiger charge is 2.29. The Kier molecular flexibility index (Phi) is 6.75. The lowest BCUT2D eigenvalue weighted by Crippen LogP contribution is -2.49. The number of rotatable bonds is 4. The highest BCUT2D eigenvalue weighted by Crippen LogP contribution is 2.35. The first kappa shape index (κ1) is 24.2. The van der Waals surface area contributed by atoms with Crippen LogP contribution in [0, 0.1) is 17.0 Å². The summed E-state index contributed by atoms with van der Waals surface area (Å²) in [5.74, 6) is 0.896. The van der Waals surface area contributed by atoms with Gasteiger partial charge in [-0.15, -0.1) is 12.4 Å². The number of non-ortho nitro benzene ring substituents is 1. The quantitative estimate of drug-likeness (QED) is 0.301. The van der Waals surface area contributed by atoms with Crippen molar-refractivity contribution in [1.29, 1.82) is 0 Å². The van der Waals surface area contributed by atoms with Crippen LogP contribution in [0.5, 0.6) is 0 Å². The molecule has 1 fully saturated rings. The molecule has 0 radical (unpaired) electrons. The van der Waals surface area contributed by atoms with Gasteiger partial charge in [-0.2, -0.15) is 0 Å². The number of aromatic nitrogens is 2. The summed E-state index contributed by atoms with van der Waals surface area (Å²) in [6, 6.07) is 18.3. The van der Waals surface area contributed by atoms with E-state index in [-0.39, 0.29) is 24.0 Å². The third kappa shape index (κ3) is 4.44. The molecular formula is C26H26ClN5O3. The molecule has 35 heavy (non-hydrogen) atoms. The Labute approximate surface area is 209 Å². The predicted molar refractivity (Wildman–Crippen MR) is 139 cm³/mol. The SMILES string of the molecule is Cc1ccc2c(c1)c(C(=O)N1CCN(c3ccccn3)CC1)c(-c1ccc([N+](=O)[O-])cc1)n2C.Cl. The monoisotopic (exact) mass is 491 g/mol. The van der Waals surface area contributed by atoms with Gasteiger partial charge in [0.15, 0.2) is 0 Å². The Morgan fingerprint density at radius 1 is 1.00 bits per heavy atom. The number of nitro groups is 1. The number of benzene rings is 2. The van der Waals surface area contributed by atoms with Gasteiger partial charge in [-0.05, 0) is 48.9 Å². The van der Waals surface area contributed by atoms with E-state index < -0.39 is 4.92 Å². The molecule has 0 saturated carbocycles. The number of halogens is 1. The number of carbonyl (C=O) groups excluding carboxylic acids is 1. The molecule has 8 nitrogen and oxygen atoms in total. The Morgan fingerprint density at radius 2 is 1.71 bits per heavy atom. The number of aryl methyl sites for hydroxylation is 2. The van der Waals surface area contributed by atoms with E-state index in [1.807, 2.05) is 59.8 Å². The van der Waals surface area contributed by atoms with Gasteiger partial charge < -0.3 is 14.4 Å². The molecule has 180 valence electrons. The minimum absolute atomic E-state index is 0. The number of hydrogen-bond acceptors (Lipinski definition) is 5. The van der Waals surface area contributed by atoms with Crippen LogP contribution in [0.4, 0.5) is 11.5 Å². The third-order valence-corrected chi connectivity index (χ3v) is 6.46. The highest BCUT2D eigenvalue weighted by atomic mass is 35.5. The van der Waals surface area contributed by atoms with Crippen LogP contribution in [0.3, 0.4) is 0 Å². The minimum Gasteiger partial charge on any atom is -0.353 e. The zero-order chi connectivity index (χ0) is 23.8. The van der Waals surface area contributed by atoms with Crippen molar-refractivity contribution >= 4 is 40.7 Å². The van der Waals surface area contributed by atoms with Gasteiger partial charge in [0.2, 0.25) is 0 Å². The Balaban J connectivity index is 0.00000289. The van der Waals surface area contributed by atoms with E-state index >= 15 is 0 Å². The molecule has 4 aromatic rings. The van der Waals surface area contributed by atoms with Crippen LogP contribution in [0.2, 0.25) is 0 Å². The second-order valence-corrected chi connectivity index (χ2v) is 8.57. The van der Waals surface area contributed by atoms with Crippen molar-refractivity contribution in [3.8, 4) is 11.3 Å². The van der Waals surface area contributed by atoms with E-state index in [1.54, 1.807) is 18.3 Å². The van der Waals surface area contributed by atoms with Crippen LogP contribution in [-0.2, 0) is 7.05 Å². The normalized spacial score (nSPS) is 13.5. The first-order valence-corrected chi connectivity index (χ1v) is 11.2. The van der Waals surface area contributed by atoms with Gasteiger partial charge in [-0.1, -0.05) is 17.7 Å². The van der Waals surface area contributed by atoms with Crippen LogP contribution in [-0.4, -0.2) is 51.5 Å². The molecule has 1 saturated heterocycles. The van der Waals surface area contributed by atoms with E-state index in [0.717, 1.165) is 33.5 Å². The lowest BCUT2D eigenvalue weighted by Gasteiger charge is -2.35. The molecular weight excluding hydrogens is 466 g/mol. The Hall–Kier alpha value is -3.91. The van der Waals surface area contributed by atoms with E-state index in [2.05, 4.69) is 9.88 Å². The third-order valence-electron chi connectivity index (χ3n) is 6.46. The van der Waals surface area contributed by atoms with Gasteiger partial charge in [0.05, 0.1) is 16.2 Å². The number of carbonyl (C=O) groups is 1. The van der Waals surface area contributed by atoms with Crippen molar-refractivity contribution in [2.45, 2.75) is 6.92 Å². The van der Waals surface area contributed by atoms with E-state index in [9.17, 15) is 14.9 Å². The summed E-state index contributed by atoms with van der Waals surface area (Å²) in [5, 5.41) is 12.0. The summed E-state index contributed by atoms with van der Waals surface area (Å²) >= 11 is 0. The molecule has 5 rings (SSSR count). The number of hydrogen-bond donors (Lipinski definition) is 0. The summed E-state index contributed by atoms with van der Waals surface area (Å²) < 4.78 is 2.01. The fourth-order valence-corrected chi connectivity index (χ4v) is 4.69. The summed E-state index contributed by atoms with van der Waals surface area (Å²) in [4.78, 5) is 33.2. The highest BCUT2D eigenvalue weighted by molar-refractivity contribution is 6.13. The molecule has 3 heterocycles. The maximum Gasteiger partial charge on any atom is 0.269 e. The molecule has 0 spiro atoms. The maximum absolute atomic E-state index is 13.9. The molecule has 1 amide bonds. The molecule has 0 N–H and O–H groups in total. The lowest BCUT2D eigenvalue weighted by atomic mass is 10.0. The Bertz CT molecular complexity index is 1380. The van der Waals surface area contributed by atoms with Crippen LogP contribution >= 0.6 is 12.4 Å². The zero-order valence-electron chi connectivity index (χ0n) is 19.5. The molecule has 9 heteroatoms. The van der Waals surface area contributed by atoms with Gasteiger partial charge in [-0.25, -0.2) is 4.98 Å². The topological polar surface area (TPSA) is 84.5 Å². The average Bonchev–Trinajstić information content (AvgIpc) is 3.15. The van der Waals surface area contributed by atoms with Gasteiger partial charge in [-0.3, -0.25) is 14.9 Å². The van der Waals surface area contributed by atoms with Crippen LogP contribution < -0.4 is 4.90 Å². The molecule has 2 aromatic heterocycles. The first-order valence-electron chi connectivity index (χ1n) is 11.2. The van der Waals surface area contributed by atoms with Crippen molar-refractivity contribution in [1.82, 2.24) is 14.5 Å². The molecule has 1 aliphatic rings. The number of nitro benzene ring substituents is 1. The fraction of sp³-hybridized carbons (Fsp3) is 0.231. The van der Waals surface area contributed by atoms with Crippen LogP contribution in [0.15, 0.2) is 66.9 Å². The van der Waals surface area contributed by atoms with E-state index in [0.29, 0.717) is 31.7 Å². The first-order chi connectivity index (χ1) is 16.4. The largest absolute Gasteiger partial charge is 0.353 e. The smallest absolute Gasteiger partial charge is 0.269 e. The molecule has 1 aliphatic heterocycles. The molecule has 2 aromatic carbocycles. The average molecular weight is 492 g/mol. The van der Waals surface area contributed by atoms with Crippen molar-refractivity contribution in [2.24, 2.45) is 7.05 Å². The number of pyridine rings is 1. The van der Waals surface area contributed by atoms with E-state index in [1.165, 1.54) is 12.1 Å². The second-order valence-electron chi connectivity index (χ2n) is 8.57. The lowest BCUT2D eigenvalue weighted by molar-refractivity contribution is -0.384. The van der Waals surface area contributed by atoms with Crippen molar-refractivity contribution in [2.75, 3.05) is 31.1 Å². The summed E-state index contributed by atoms with van der Waals surface area (Å²) in [5.41, 5.74) is 4.24. The number of nitrogens with zero attached hydrogens (tertiary/aromatic N) is 5. The molecule has 0 unspecified atom stereocenters. The predicted octanol–water partition coefficient (Wildman–Crippen LogP) is 4.84. The van der Waals surface area contributed by atoms with Crippen LogP contribution in [0.25, 0.3) is 22.2 Å². The number of piperazine rings is 1. The number of amides is 1. The molecule has 0 aliphatic carbocycles. The van der Waals surface area contributed by atoms with Gasteiger partial charge in [0.1, 0.15) is 5.82 Å². The standard InChI is InChI=1S/C26H25N5O3.ClH/c1-18-6-11-22-21(17-18)24(25(28(22)2)19-7-9-20(10-8-19)31(33)34)26(32)30-15-13-29(14-16-30)23-5-3-4-12-27-23;/h3-12,17H,13-16H2,1-2H3;1H. The zero-order valence-corrected chi connectivity index (χ0v) is 20.4. The van der Waals surface area contributed by atoms with Gasteiger partial charge in [0.25, 0.3) is 11.6 Å². The van der Waals surface area contributed by atoms with Crippen LogP contribution in [0.1, 0.15) is 15.9 Å². The summed E-state index contributed by atoms with van der Waals surface area (Å²) in [6.45, 7) is 4.62. The van der Waals surface area contributed by atoms with Crippen molar-refractivity contribution in [3.63, 3.8) is 0 Å². The van der Waals surface area contributed by atoms with Crippen molar-refractivity contribution < 1.29 is 9.72 Å². The number of fused-ring (bicyclic) bond motifs is 1. The summed E-state index contributed by atoms with van der Waals surface area (Å²) in [7, 11) is 1.93. The van der Waals surface area contributed by atoms with Gasteiger partial charge in [0, 0.05) is 62.5 Å². The maximum atomic E-state index is 13.9. The molecule has 0 bridgehead atoms. The Morgan fingerprint density at radius 3 is 2.34 bits per heavy atom. The minimum atomic E-state index is -0.415. The van der Waals surface area contributed by atoms with Crippen molar-refractivity contribution in [3.05, 3.63) is 88.1 Å². The number of anilines is 1. The fourth-order valence-electron chi connectivity index (χ4n) is 4.69. The van der Waals surface area contributed by atoms with E-state index in [4.69, 9.17) is 0 Å².